The van der Waals surface area contributed by atoms with Crippen molar-refractivity contribution in [1.82, 2.24) is 5.32 Å². The normalized spacial score (nSPS) is 11.2. The minimum absolute atomic E-state index is 0.188. The molecule has 0 saturated carbocycles. The number of nitrogens with zero attached hydrogens (tertiary/aromatic N) is 1. The maximum atomic E-state index is 11.6. The molecule has 0 aliphatic heterocycles. The molecule has 1 unspecified atom stereocenters. The van der Waals surface area contributed by atoms with Crippen LogP contribution in [-0.2, 0) is 4.79 Å². The summed E-state index contributed by atoms with van der Waals surface area (Å²) in [6.45, 7) is 5.25. The van der Waals surface area contributed by atoms with Gasteiger partial charge < -0.3 is 10.1 Å². The minimum atomic E-state index is -0.712. The summed E-state index contributed by atoms with van der Waals surface area (Å²) in [7, 11) is 0. The van der Waals surface area contributed by atoms with Crippen molar-refractivity contribution in [2.75, 3.05) is 6.54 Å². The van der Waals surface area contributed by atoms with Crippen LogP contribution >= 0.6 is 11.6 Å². The Hall–Kier alpha value is -1.99. The summed E-state index contributed by atoms with van der Waals surface area (Å²) in [5.74, 6) is 0.0666. The lowest BCUT2D eigenvalue weighted by Crippen LogP contribution is -2.37. The van der Waals surface area contributed by atoms with Gasteiger partial charge in [-0.05, 0) is 19.1 Å². The summed E-state index contributed by atoms with van der Waals surface area (Å²) in [5.41, 5.74) is 0.388. The third-order valence-corrected chi connectivity index (χ3v) is 2.27. The molecular weight excluding hydrogens is 252 g/mol. The van der Waals surface area contributed by atoms with Crippen molar-refractivity contribution in [2.45, 2.75) is 13.0 Å². The fourth-order valence-electron chi connectivity index (χ4n) is 1.23. The molecule has 1 N–H and O–H groups in total. The average Bonchev–Trinajstić information content (AvgIpc) is 2.36. The monoisotopic (exact) mass is 264 g/mol. The molecule has 5 heteroatoms. The Morgan fingerprint density at radius 2 is 2.28 bits per heavy atom. The molecule has 0 saturated heterocycles. The van der Waals surface area contributed by atoms with Crippen molar-refractivity contribution >= 4 is 17.5 Å². The summed E-state index contributed by atoms with van der Waals surface area (Å²) < 4.78 is 5.42. The standard InChI is InChI=1S/C13H13ClN2O2/c1-9(14)8-16-13(17)10(2)18-12-6-4-3-5-11(12)7-15/h3-6,10H,1,8H2,2H3,(H,16,17). The Kier molecular flexibility index (Phi) is 5.22. The smallest absolute Gasteiger partial charge is 0.261 e. The number of benzene rings is 1. The van der Waals surface area contributed by atoms with Crippen LogP contribution in [0.4, 0.5) is 0 Å². The first kappa shape index (κ1) is 14.1. The van der Waals surface area contributed by atoms with Gasteiger partial charge >= 0.3 is 0 Å². The van der Waals surface area contributed by atoms with Gasteiger partial charge in [-0.2, -0.15) is 5.26 Å². The van der Waals surface area contributed by atoms with E-state index in [1.807, 2.05) is 6.07 Å². The lowest BCUT2D eigenvalue weighted by molar-refractivity contribution is -0.127. The summed E-state index contributed by atoms with van der Waals surface area (Å²) in [4.78, 5) is 11.6. The zero-order chi connectivity index (χ0) is 13.5. The van der Waals surface area contributed by atoms with Crippen LogP contribution in [0.2, 0.25) is 0 Å². The Bertz CT molecular complexity index is 494. The van der Waals surface area contributed by atoms with Gasteiger partial charge in [0.25, 0.3) is 5.91 Å². The van der Waals surface area contributed by atoms with Crippen LogP contribution < -0.4 is 10.1 Å². The van der Waals surface area contributed by atoms with E-state index in [0.717, 1.165) is 0 Å². The number of carbonyl (C=O) groups is 1. The quantitative estimate of drug-likeness (QED) is 0.887. The Morgan fingerprint density at radius 1 is 1.61 bits per heavy atom. The topological polar surface area (TPSA) is 62.1 Å². The molecule has 1 amide bonds. The van der Waals surface area contributed by atoms with Gasteiger partial charge in [0.15, 0.2) is 6.10 Å². The zero-order valence-corrected chi connectivity index (χ0v) is 10.7. The highest BCUT2D eigenvalue weighted by atomic mass is 35.5. The number of hydrogen-bond acceptors (Lipinski definition) is 3. The van der Waals surface area contributed by atoms with Crippen LogP contribution in [0, 0.1) is 11.3 Å². The van der Waals surface area contributed by atoms with Crippen molar-refractivity contribution in [1.29, 1.82) is 5.26 Å². The summed E-state index contributed by atoms with van der Waals surface area (Å²) in [5, 5.41) is 11.8. The highest BCUT2D eigenvalue weighted by Crippen LogP contribution is 2.18. The molecule has 0 heterocycles. The van der Waals surface area contributed by atoms with E-state index in [1.165, 1.54) is 0 Å². The number of amides is 1. The summed E-state index contributed by atoms with van der Waals surface area (Å²) >= 11 is 5.54. The van der Waals surface area contributed by atoms with Gasteiger partial charge in [0.1, 0.15) is 11.8 Å². The van der Waals surface area contributed by atoms with Crippen LogP contribution in [0.15, 0.2) is 35.9 Å². The van der Waals surface area contributed by atoms with E-state index in [9.17, 15) is 4.79 Å². The number of ether oxygens (including phenoxy) is 1. The Balaban J connectivity index is 2.64. The highest BCUT2D eigenvalue weighted by Gasteiger charge is 2.15. The SMILES string of the molecule is C=C(Cl)CNC(=O)C(C)Oc1ccccc1C#N. The fourth-order valence-corrected chi connectivity index (χ4v) is 1.30. The number of rotatable bonds is 5. The number of carbonyl (C=O) groups excluding carboxylic acids is 1. The van der Waals surface area contributed by atoms with Gasteiger partial charge in [-0.3, -0.25) is 4.79 Å². The zero-order valence-electron chi connectivity index (χ0n) is 9.94. The molecule has 0 aromatic heterocycles. The average molecular weight is 265 g/mol. The van der Waals surface area contributed by atoms with E-state index in [2.05, 4.69) is 11.9 Å². The van der Waals surface area contributed by atoms with Crippen LogP contribution in [0.3, 0.4) is 0 Å². The van der Waals surface area contributed by atoms with Crippen molar-refractivity contribution in [3.05, 3.63) is 41.4 Å². The molecule has 0 aliphatic rings. The number of para-hydroxylation sites is 1. The molecular formula is C13H13ClN2O2. The maximum Gasteiger partial charge on any atom is 0.261 e. The van der Waals surface area contributed by atoms with E-state index in [4.69, 9.17) is 21.6 Å². The minimum Gasteiger partial charge on any atom is -0.480 e. The predicted octanol–water partition coefficient (Wildman–Crippen LogP) is 2.19. The highest BCUT2D eigenvalue weighted by molar-refractivity contribution is 6.29. The van der Waals surface area contributed by atoms with E-state index >= 15 is 0 Å². The Labute approximate surface area is 111 Å². The lowest BCUT2D eigenvalue weighted by atomic mass is 10.2. The van der Waals surface area contributed by atoms with Crippen LogP contribution in [0.25, 0.3) is 0 Å². The first-order valence-corrected chi connectivity index (χ1v) is 5.69. The number of nitriles is 1. The molecule has 4 nitrogen and oxygen atoms in total. The van der Waals surface area contributed by atoms with Gasteiger partial charge in [-0.25, -0.2) is 0 Å². The van der Waals surface area contributed by atoms with Crippen LogP contribution in [-0.4, -0.2) is 18.6 Å². The molecule has 1 aromatic carbocycles. The molecule has 1 aromatic rings. The molecule has 0 bridgehead atoms. The van der Waals surface area contributed by atoms with Crippen molar-refractivity contribution in [2.24, 2.45) is 0 Å². The van der Waals surface area contributed by atoms with E-state index in [1.54, 1.807) is 31.2 Å². The van der Waals surface area contributed by atoms with E-state index in [0.29, 0.717) is 16.3 Å². The molecule has 1 rings (SSSR count). The lowest BCUT2D eigenvalue weighted by Gasteiger charge is -2.15. The first-order chi connectivity index (χ1) is 8.54. The first-order valence-electron chi connectivity index (χ1n) is 5.31. The van der Waals surface area contributed by atoms with E-state index in [-0.39, 0.29) is 12.5 Å². The molecule has 1 atom stereocenters. The van der Waals surface area contributed by atoms with Gasteiger partial charge in [-0.15, -0.1) is 0 Å². The van der Waals surface area contributed by atoms with Crippen LogP contribution in [0.1, 0.15) is 12.5 Å². The number of halogens is 1. The van der Waals surface area contributed by atoms with Gasteiger partial charge in [-0.1, -0.05) is 30.3 Å². The second-order valence-corrected chi connectivity index (χ2v) is 4.14. The van der Waals surface area contributed by atoms with Crippen LogP contribution in [0.5, 0.6) is 5.75 Å². The van der Waals surface area contributed by atoms with Crippen molar-refractivity contribution < 1.29 is 9.53 Å². The predicted molar refractivity (Wildman–Crippen MR) is 69.2 cm³/mol. The molecule has 0 aliphatic carbocycles. The van der Waals surface area contributed by atoms with Gasteiger partial charge in [0.05, 0.1) is 12.1 Å². The van der Waals surface area contributed by atoms with E-state index < -0.39 is 6.10 Å². The second-order valence-electron chi connectivity index (χ2n) is 3.60. The molecule has 0 spiro atoms. The van der Waals surface area contributed by atoms with Crippen molar-refractivity contribution in [3.63, 3.8) is 0 Å². The van der Waals surface area contributed by atoms with Crippen molar-refractivity contribution in [3.8, 4) is 11.8 Å². The second kappa shape index (κ2) is 6.67. The third kappa shape index (κ3) is 4.11. The molecule has 18 heavy (non-hydrogen) atoms. The summed E-state index contributed by atoms with van der Waals surface area (Å²) in [6, 6.07) is 8.73. The molecule has 94 valence electrons. The molecule has 0 radical (unpaired) electrons. The number of hydrogen-bond donors (Lipinski definition) is 1. The fraction of sp³-hybridized carbons (Fsp3) is 0.231. The largest absolute Gasteiger partial charge is 0.480 e. The summed E-state index contributed by atoms with van der Waals surface area (Å²) in [6.07, 6.45) is -0.712. The maximum absolute atomic E-state index is 11.6. The Morgan fingerprint density at radius 3 is 2.89 bits per heavy atom. The number of nitrogens with one attached hydrogen (secondary N) is 1. The third-order valence-electron chi connectivity index (χ3n) is 2.13. The van der Waals surface area contributed by atoms with Gasteiger partial charge in [0.2, 0.25) is 0 Å². The molecule has 0 fully saturated rings. The van der Waals surface area contributed by atoms with Gasteiger partial charge in [0, 0.05) is 5.03 Å².